The lowest BCUT2D eigenvalue weighted by Crippen LogP contribution is -2.47. The molecule has 0 aliphatic carbocycles. The lowest BCUT2D eigenvalue weighted by atomic mass is 10.3. The number of benzene rings is 1. The van der Waals surface area contributed by atoms with E-state index in [4.69, 9.17) is 9.84 Å². The number of phenolic OH excluding ortho intramolecular Hbond substituents is 1. The topological polar surface area (TPSA) is 65.0 Å². The van der Waals surface area contributed by atoms with Crippen LogP contribution in [0.2, 0.25) is 0 Å². The highest BCUT2D eigenvalue weighted by molar-refractivity contribution is 5.30. The van der Waals surface area contributed by atoms with Gasteiger partial charge in [-0.3, -0.25) is 4.90 Å². The molecule has 1 heterocycles. The average molecular weight is 310 g/mol. The molecule has 126 valence electrons. The molecule has 1 aliphatic heterocycles. The smallest absolute Gasteiger partial charge is 0.119 e. The molecule has 1 atom stereocenters. The van der Waals surface area contributed by atoms with Crippen LogP contribution in [0, 0.1) is 5.92 Å². The van der Waals surface area contributed by atoms with E-state index in [1.165, 1.54) is 0 Å². The number of aliphatic hydroxyl groups is 1. The minimum atomic E-state index is -0.489. The van der Waals surface area contributed by atoms with Gasteiger partial charge in [0.1, 0.15) is 24.2 Å². The zero-order valence-corrected chi connectivity index (χ0v) is 14.0. The number of hydrogen-bond donors (Lipinski definition) is 3. The van der Waals surface area contributed by atoms with Crippen molar-refractivity contribution in [2.24, 2.45) is 5.92 Å². The van der Waals surface area contributed by atoms with Crippen LogP contribution < -0.4 is 10.1 Å². The molecular weight excluding hydrogens is 280 g/mol. The van der Waals surface area contributed by atoms with Crippen molar-refractivity contribution in [2.75, 3.05) is 39.3 Å². The monoisotopic (exact) mass is 310 g/mol. The Kier molecular flexibility index (Phi) is 8.89. The van der Waals surface area contributed by atoms with E-state index < -0.39 is 6.10 Å². The summed E-state index contributed by atoms with van der Waals surface area (Å²) in [4.78, 5) is 2.22. The van der Waals surface area contributed by atoms with Gasteiger partial charge in [-0.05, 0) is 30.2 Å². The highest BCUT2D eigenvalue weighted by atomic mass is 16.5. The average Bonchev–Trinajstić information content (AvgIpc) is 2.47. The van der Waals surface area contributed by atoms with Gasteiger partial charge in [0.05, 0.1) is 0 Å². The fourth-order valence-corrected chi connectivity index (χ4v) is 1.98. The molecule has 5 heteroatoms. The van der Waals surface area contributed by atoms with Crippen LogP contribution >= 0.6 is 0 Å². The van der Waals surface area contributed by atoms with Gasteiger partial charge in [-0.15, -0.1) is 0 Å². The second-order valence-corrected chi connectivity index (χ2v) is 6.24. The first-order valence-electron chi connectivity index (χ1n) is 8.00. The molecule has 0 aromatic heterocycles. The van der Waals surface area contributed by atoms with Crippen LogP contribution in [0.5, 0.6) is 11.5 Å². The van der Waals surface area contributed by atoms with Crippen LogP contribution in [0.4, 0.5) is 0 Å². The summed E-state index contributed by atoms with van der Waals surface area (Å²) in [5, 5.41) is 22.3. The van der Waals surface area contributed by atoms with Crippen LogP contribution in [-0.4, -0.2) is 60.5 Å². The Balaban J connectivity index is 0.000000541. The summed E-state index contributed by atoms with van der Waals surface area (Å²) in [5.41, 5.74) is 0. The largest absolute Gasteiger partial charge is 0.508 e. The Morgan fingerprint density at radius 2 is 1.68 bits per heavy atom. The van der Waals surface area contributed by atoms with Crippen LogP contribution in [0.1, 0.15) is 20.8 Å². The van der Waals surface area contributed by atoms with Gasteiger partial charge in [-0.2, -0.15) is 0 Å². The van der Waals surface area contributed by atoms with E-state index in [9.17, 15) is 5.11 Å². The van der Waals surface area contributed by atoms with Crippen LogP contribution in [0.25, 0.3) is 0 Å². The number of hydrogen-bond acceptors (Lipinski definition) is 5. The molecule has 0 radical (unpaired) electrons. The van der Waals surface area contributed by atoms with Gasteiger partial charge in [0.25, 0.3) is 0 Å². The van der Waals surface area contributed by atoms with Crippen molar-refractivity contribution in [3.8, 4) is 11.5 Å². The summed E-state index contributed by atoms with van der Waals surface area (Å²) < 4.78 is 5.46. The molecule has 1 saturated heterocycles. The van der Waals surface area contributed by atoms with Crippen molar-refractivity contribution in [3.05, 3.63) is 24.3 Å². The zero-order valence-electron chi connectivity index (χ0n) is 14.0. The van der Waals surface area contributed by atoms with Crippen molar-refractivity contribution in [3.63, 3.8) is 0 Å². The SMILES string of the molecule is CC(C)C.Oc1ccc(OC[C@@H](O)CN2CCNCC2)cc1. The third kappa shape index (κ3) is 8.87. The van der Waals surface area contributed by atoms with Gasteiger partial charge in [-0.25, -0.2) is 0 Å². The van der Waals surface area contributed by atoms with Crippen molar-refractivity contribution < 1.29 is 14.9 Å². The normalized spacial score (nSPS) is 16.8. The van der Waals surface area contributed by atoms with Crippen LogP contribution in [0.15, 0.2) is 24.3 Å². The quantitative estimate of drug-likeness (QED) is 0.772. The molecule has 3 N–H and O–H groups in total. The molecule has 0 saturated carbocycles. The van der Waals surface area contributed by atoms with E-state index in [2.05, 4.69) is 31.0 Å². The Hall–Kier alpha value is -1.30. The summed E-state index contributed by atoms with van der Waals surface area (Å²) in [6.45, 7) is 11.3. The molecule has 0 spiro atoms. The fourth-order valence-electron chi connectivity index (χ4n) is 1.98. The first kappa shape index (κ1) is 18.7. The number of nitrogens with one attached hydrogen (secondary N) is 1. The van der Waals surface area contributed by atoms with E-state index in [1.807, 2.05) is 0 Å². The second-order valence-electron chi connectivity index (χ2n) is 6.24. The van der Waals surface area contributed by atoms with Crippen molar-refractivity contribution in [1.82, 2.24) is 10.2 Å². The summed E-state index contributed by atoms with van der Waals surface area (Å²) >= 11 is 0. The highest BCUT2D eigenvalue weighted by Crippen LogP contribution is 2.16. The molecule has 0 amide bonds. The first-order chi connectivity index (χ1) is 10.5. The Bertz CT molecular complexity index is 387. The fraction of sp³-hybridized carbons (Fsp3) is 0.647. The molecule has 0 unspecified atom stereocenters. The second kappa shape index (κ2) is 10.4. The Labute approximate surface area is 133 Å². The summed E-state index contributed by atoms with van der Waals surface area (Å²) in [6, 6.07) is 6.51. The molecular formula is C17H30N2O3. The minimum Gasteiger partial charge on any atom is -0.508 e. The number of nitrogens with zero attached hydrogens (tertiary/aromatic N) is 1. The lowest BCUT2D eigenvalue weighted by Gasteiger charge is -2.28. The maximum Gasteiger partial charge on any atom is 0.119 e. The standard InChI is InChI=1S/C13H20N2O3.C4H10/c16-11-1-3-13(4-2-11)18-10-12(17)9-15-7-5-14-6-8-15;1-4(2)3/h1-4,12,14,16-17H,5-10H2;4H,1-3H3/t12-;/m0./s1. The van der Waals surface area contributed by atoms with Crippen molar-refractivity contribution >= 4 is 0 Å². The minimum absolute atomic E-state index is 0.212. The Morgan fingerprint density at radius 1 is 1.14 bits per heavy atom. The summed E-state index contributed by atoms with van der Waals surface area (Å²) in [6.07, 6.45) is -0.489. The van der Waals surface area contributed by atoms with E-state index in [0.717, 1.165) is 32.1 Å². The third-order valence-corrected chi connectivity index (χ3v) is 2.96. The highest BCUT2D eigenvalue weighted by Gasteiger charge is 2.14. The van der Waals surface area contributed by atoms with E-state index in [-0.39, 0.29) is 12.4 Å². The predicted molar refractivity (Wildman–Crippen MR) is 89.4 cm³/mol. The number of aromatic hydroxyl groups is 1. The van der Waals surface area contributed by atoms with Gasteiger partial charge < -0.3 is 20.3 Å². The summed E-state index contributed by atoms with van der Waals surface area (Å²) in [7, 11) is 0. The molecule has 5 nitrogen and oxygen atoms in total. The maximum atomic E-state index is 9.88. The van der Waals surface area contributed by atoms with Crippen molar-refractivity contribution in [2.45, 2.75) is 26.9 Å². The number of aliphatic hydroxyl groups excluding tert-OH is 1. The van der Waals surface area contributed by atoms with Crippen LogP contribution in [-0.2, 0) is 0 Å². The molecule has 0 bridgehead atoms. The molecule has 1 fully saturated rings. The van der Waals surface area contributed by atoms with Gasteiger partial charge in [0.15, 0.2) is 0 Å². The third-order valence-electron chi connectivity index (χ3n) is 2.96. The molecule has 1 aromatic carbocycles. The molecule has 22 heavy (non-hydrogen) atoms. The van der Waals surface area contributed by atoms with E-state index in [1.54, 1.807) is 24.3 Å². The van der Waals surface area contributed by atoms with Crippen molar-refractivity contribution in [1.29, 1.82) is 0 Å². The maximum absolute atomic E-state index is 9.88. The van der Waals surface area contributed by atoms with E-state index in [0.29, 0.717) is 12.3 Å². The Morgan fingerprint density at radius 3 is 2.23 bits per heavy atom. The summed E-state index contributed by atoms with van der Waals surface area (Å²) in [5.74, 6) is 1.70. The molecule has 2 rings (SSSR count). The van der Waals surface area contributed by atoms with Crippen LogP contribution in [0.3, 0.4) is 0 Å². The molecule has 1 aromatic rings. The van der Waals surface area contributed by atoms with Gasteiger partial charge in [0, 0.05) is 32.7 Å². The van der Waals surface area contributed by atoms with E-state index >= 15 is 0 Å². The number of β-amino-alcohol motifs (C(OH)–C–C–N with tert-alkyl or cyclic N) is 1. The predicted octanol–water partition coefficient (Wildman–Crippen LogP) is 1.70. The van der Waals surface area contributed by atoms with Gasteiger partial charge in [0.2, 0.25) is 0 Å². The first-order valence-corrected chi connectivity index (χ1v) is 8.00. The lowest BCUT2D eigenvalue weighted by molar-refractivity contribution is 0.0641. The number of phenols is 1. The number of piperazine rings is 1. The van der Waals surface area contributed by atoms with Gasteiger partial charge in [-0.1, -0.05) is 20.8 Å². The van der Waals surface area contributed by atoms with Gasteiger partial charge >= 0.3 is 0 Å². The number of ether oxygens (including phenoxy) is 1. The zero-order chi connectivity index (χ0) is 16.4. The molecule has 1 aliphatic rings. The number of rotatable bonds is 5.